The van der Waals surface area contributed by atoms with Crippen molar-refractivity contribution in [2.24, 2.45) is 0 Å². The summed E-state index contributed by atoms with van der Waals surface area (Å²) in [7, 11) is 3.17. The molecule has 1 saturated heterocycles. The first-order chi connectivity index (χ1) is 14.6. The predicted octanol–water partition coefficient (Wildman–Crippen LogP) is 2.24. The Morgan fingerprint density at radius 3 is 2.17 bits per heavy atom. The van der Waals surface area contributed by atoms with Crippen LogP contribution in [0, 0.1) is 0 Å². The lowest BCUT2D eigenvalue weighted by Crippen LogP contribution is -2.51. The number of hydrogen-bond donors (Lipinski definition) is 1. The van der Waals surface area contributed by atoms with Gasteiger partial charge in [-0.05, 0) is 29.8 Å². The molecule has 0 atom stereocenters. The Hall–Kier alpha value is -3.48. The van der Waals surface area contributed by atoms with Crippen molar-refractivity contribution < 1.29 is 9.47 Å². The van der Waals surface area contributed by atoms with E-state index in [0.29, 0.717) is 42.5 Å². The molecule has 1 fully saturated rings. The molecule has 3 aromatic carbocycles. The number of benzene rings is 2. The second-order valence-corrected chi connectivity index (χ2v) is 7.23. The summed E-state index contributed by atoms with van der Waals surface area (Å²) >= 11 is 0. The summed E-state index contributed by atoms with van der Waals surface area (Å²) in [5, 5.41) is 3.15. The van der Waals surface area contributed by atoms with Crippen LogP contribution in [-0.2, 0) is 6.54 Å². The van der Waals surface area contributed by atoms with Crippen LogP contribution in [0.2, 0.25) is 0 Å². The van der Waals surface area contributed by atoms with Crippen LogP contribution in [0.25, 0.3) is 0 Å². The van der Waals surface area contributed by atoms with Crippen LogP contribution in [0.15, 0.2) is 58.1 Å². The summed E-state index contributed by atoms with van der Waals surface area (Å²) < 4.78 is 10.6. The average Bonchev–Trinajstić information content (AvgIpc) is 2.81. The molecule has 1 aliphatic rings. The van der Waals surface area contributed by atoms with E-state index >= 15 is 0 Å². The third-order valence-electron chi connectivity index (χ3n) is 5.52. The predicted molar refractivity (Wildman–Crippen MR) is 119 cm³/mol. The Morgan fingerprint density at radius 2 is 1.50 bits per heavy atom. The van der Waals surface area contributed by atoms with Gasteiger partial charge in [0.05, 0.1) is 14.2 Å². The lowest BCUT2D eigenvalue weighted by Gasteiger charge is -2.38. The van der Waals surface area contributed by atoms with Gasteiger partial charge >= 0.3 is 0 Å². The quantitative estimate of drug-likeness (QED) is 0.602. The molecule has 1 aliphatic heterocycles. The molecule has 0 aliphatic carbocycles. The number of hydrogen-bond acceptors (Lipinski definition) is 7. The molecule has 0 saturated carbocycles. The molecule has 0 spiro atoms. The van der Waals surface area contributed by atoms with Gasteiger partial charge in [0, 0.05) is 38.4 Å². The van der Waals surface area contributed by atoms with Gasteiger partial charge in [0.25, 0.3) is 10.9 Å². The summed E-state index contributed by atoms with van der Waals surface area (Å²) in [4.78, 5) is 28.8. The summed E-state index contributed by atoms with van der Waals surface area (Å²) in [6.45, 7) is 3.42. The lowest BCUT2D eigenvalue weighted by atomic mass is 10.1. The van der Waals surface area contributed by atoms with E-state index in [1.54, 1.807) is 14.2 Å². The van der Waals surface area contributed by atoms with E-state index in [4.69, 9.17) is 9.47 Å². The van der Waals surface area contributed by atoms with Crippen LogP contribution in [0.3, 0.4) is 0 Å². The van der Waals surface area contributed by atoms with Crippen LogP contribution in [-0.4, -0.2) is 40.4 Å². The van der Waals surface area contributed by atoms with Gasteiger partial charge in [0.15, 0.2) is 11.5 Å². The Labute approximate surface area is 175 Å². The number of methoxy groups -OCH3 is 2. The van der Waals surface area contributed by atoms with E-state index in [9.17, 15) is 9.59 Å². The number of nitrogens with zero attached hydrogens (tertiary/aromatic N) is 2. The van der Waals surface area contributed by atoms with Gasteiger partial charge in [-0.1, -0.05) is 24.3 Å². The number of rotatable bonds is 7. The first-order valence-corrected chi connectivity index (χ1v) is 9.95. The van der Waals surface area contributed by atoms with Crippen LogP contribution >= 0.6 is 0 Å². The molecular weight excluding hydrogens is 382 g/mol. The monoisotopic (exact) mass is 407 g/mol. The topological polar surface area (TPSA) is 71.1 Å². The van der Waals surface area contributed by atoms with Crippen molar-refractivity contribution in [3.63, 3.8) is 0 Å². The molecule has 7 nitrogen and oxygen atoms in total. The second-order valence-electron chi connectivity index (χ2n) is 7.23. The first kappa shape index (κ1) is 19.8. The molecule has 4 rings (SSSR count). The number of nitrogens with one attached hydrogen (secondary N) is 1. The van der Waals surface area contributed by atoms with Gasteiger partial charge in [0.2, 0.25) is 0 Å². The van der Waals surface area contributed by atoms with Crippen molar-refractivity contribution in [2.45, 2.75) is 6.54 Å². The van der Waals surface area contributed by atoms with Crippen LogP contribution in [0.4, 0.5) is 17.1 Å². The van der Waals surface area contributed by atoms with Gasteiger partial charge in [-0.25, -0.2) is 0 Å². The molecular formula is C23H25N3O4. The van der Waals surface area contributed by atoms with E-state index in [0.717, 1.165) is 18.7 Å². The lowest BCUT2D eigenvalue weighted by molar-refractivity contribution is 0.354. The van der Waals surface area contributed by atoms with Crippen LogP contribution < -0.4 is 35.4 Å². The smallest absolute Gasteiger partial charge is 0.253 e. The highest BCUT2D eigenvalue weighted by Crippen LogP contribution is 2.29. The molecule has 3 aromatic rings. The molecule has 0 amide bonds. The van der Waals surface area contributed by atoms with Crippen molar-refractivity contribution in [2.75, 3.05) is 55.5 Å². The standard InChI is InChI=1S/C23H25N3O4/c1-29-18-9-8-16(14-19(18)30-2)15-24-20-21(23(28)22(20)27)26-12-10-25(11-13-26)17-6-4-3-5-7-17/h3-9,14,24H,10-13,15H2,1-2H3. The maximum atomic E-state index is 12.3. The molecule has 7 heteroatoms. The Bertz CT molecular complexity index is 1080. The zero-order valence-electron chi connectivity index (χ0n) is 17.2. The molecule has 30 heavy (non-hydrogen) atoms. The van der Waals surface area contributed by atoms with Gasteiger partial charge in [-0.3, -0.25) is 9.59 Å². The Kier molecular flexibility index (Phi) is 5.61. The fraction of sp³-hybridized carbons (Fsp3) is 0.304. The van der Waals surface area contributed by atoms with E-state index in [2.05, 4.69) is 22.3 Å². The number of piperazine rings is 1. The third kappa shape index (κ3) is 3.70. The fourth-order valence-electron chi connectivity index (χ4n) is 3.85. The highest BCUT2D eigenvalue weighted by molar-refractivity contribution is 5.75. The van der Waals surface area contributed by atoms with Crippen molar-refractivity contribution >= 4 is 17.1 Å². The minimum Gasteiger partial charge on any atom is -0.493 e. The van der Waals surface area contributed by atoms with Gasteiger partial charge in [-0.2, -0.15) is 0 Å². The Morgan fingerprint density at radius 1 is 0.833 bits per heavy atom. The first-order valence-electron chi connectivity index (χ1n) is 9.95. The average molecular weight is 407 g/mol. The van der Waals surface area contributed by atoms with Gasteiger partial charge < -0.3 is 24.6 Å². The van der Waals surface area contributed by atoms with Gasteiger partial charge in [-0.15, -0.1) is 0 Å². The van der Waals surface area contributed by atoms with Crippen LogP contribution in [0.5, 0.6) is 11.5 Å². The minimum atomic E-state index is -0.448. The van der Waals surface area contributed by atoms with Crippen molar-refractivity contribution in [3.05, 3.63) is 74.5 Å². The van der Waals surface area contributed by atoms with E-state index in [-0.39, 0.29) is 0 Å². The highest BCUT2D eigenvalue weighted by atomic mass is 16.5. The minimum absolute atomic E-state index is 0.405. The molecule has 1 N–H and O–H groups in total. The molecule has 156 valence electrons. The van der Waals surface area contributed by atoms with E-state index in [1.807, 2.05) is 41.3 Å². The molecule has 0 radical (unpaired) electrons. The summed E-state index contributed by atoms with van der Waals surface area (Å²) in [5.41, 5.74) is 2.17. The second kappa shape index (κ2) is 8.49. The maximum absolute atomic E-state index is 12.3. The summed E-state index contributed by atoms with van der Waals surface area (Å²) in [6.07, 6.45) is 0. The maximum Gasteiger partial charge on any atom is 0.253 e. The fourth-order valence-corrected chi connectivity index (χ4v) is 3.85. The van der Waals surface area contributed by atoms with Crippen LogP contribution in [0.1, 0.15) is 5.56 Å². The van der Waals surface area contributed by atoms with E-state index < -0.39 is 10.9 Å². The zero-order chi connectivity index (χ0) is 21.1. The highest BCUT2D eigenvalue weighted by Gasteiger charge is 2.28. The number of ether oxygens (including phenoxy) is 2. The van der Waals surface area contributed by atoms with Crippen molar-refractivity contribution in [1.82, 2.24) is 0 Å². The zero-order valence-corrected chi connectivity index (χ0v) is 17.2. The molecule has 1 heterocycles. The van der Waals surface area contributed by atoms with Gasteiger partial charge in [0.1, 0.15) is 11.4 Å². The molecule has 0 aromatic heterocycles. The Balaban J connectivity index is 1.43. The van der Waals surface area contributed by atoms with E-state index in [1.165, 1.54) is 5.69 Å². The number of anilines is 3. The summed E-state index contributed by atoms with van der Waals surface area (Å²) in [5.74, 6) is 1.27. The third-order valence-corrected chi connectivity index (χ3v) is 5.52. The van der Waals surface area contributed by atoms with Crippen molar-refractivity contribution in [3.8, 4) is 11.5 Å². The summed E-state index contributed by atoms with van der Waals surface area (Å²) in [6, 6.07) is 15.8. The number of para-hydroxylation sites is 1. The largest absolute Gasteiger partial charge is 0.493 e. The normalized spacial score (nSPS) is 14.1. The molecule has 0 bridgehead atoms. The van der Waals surface area contributed by atoms with Crippen molar-refractivity contribution in [1.29, 1.82) is 0 Å². The SMILES string of the molecule is COc1ccc(CNc2c(N3CCN(c4ccccc4)CC3)c(=O)c2=O)cc1OC. The molecule has 0 unspecified atom stereocenters.